The number of aromatic nitrogens is 2. The molecule has 156 valence electrons. The van der Waals surface area contributed by atoms with Gasteiger partial charge < -0.3 is 5.32 Å². The van der Waals surface area contributed by atoms with Gasteiger partial charge in [-0.25, -0.2) is 13.1 Å². The fourth-order valence-electron chi connectivity index (χ4n) is 3.42. The fraction of sp³-hybridized carbons (Fsp3) is 0.238. The molecule has 1 N–H and O–H groups in total. The van der Waals surface area contributed by atoms with E-state index in [1.807, 2.05) is 24.3 Å². The summed E-state index contributed by atoms with van der Waals surface area (Å²) in [5, 5.41) is 7.13. The molecule has 1 saturated heterocycles. The van der Waals surface area contributed by atoms with Crippen molar-refractivity contribution < 1.29 is 13.2 Å². The Labute approximate surface area is 183 Å². The van der Waals surface area contributed by atoms with E-state index in [1.54, 1.807) is 16.9 Å². The van der Waals surface area contributed by atoms with Crippen molar-refractivity contribution in [1.29, 1.82) is 0 Å². The summed E-state index contributed by atoms with van der Waals surface area (Å²) < 4.78 is 29.4. The minimum absolute atomic E-state index is 0.209. The monoisotopic (exact) mass is 488 g/mol. The maximum absolute atomic E-state index is 12.7. The molecule has 7 nitrogen and oxygen atoms in total. The lowest BCUT2D eigenvalue weighted by atomic mass is 10.2. The number of rotatable bonds is 6. The number of nitrogens with one attached hydrogen (secondary N) is 1. The van der Waals surface area contributed by atoms with E-state index in [0.29, 0.717) is 31.0 Å². The minimum Gasteiger partial charge on any atom is -0.307 e. The molecule has 30 heavy (non-hydrogen) atoms. The Morgan fingerprint density at radius 2 is 1.80 bits per heavy atom. The number of carbonyl (C=O) groups is 1. The van der Waals surface area contributed by atoms with E-state index in [-0.39, 0.29) is 10.8 Å². The third-order valence-corrected chi connectivity index (χ3v) is 7.40. The lowest BCUT2D eigenvalue weighted by Gasteiger charge is -2.15. The van der Waals surface area contributed by atoms with E-state index in [2.05, 4.69) is 26.3 Å². The average Bonchev–Trinajstić information content (AvgIpc) is 3.41. The lowest BCUT2D eigenvalue weighted by molar-refractivity contribution is 0.102. The molecule has 0 spiro atoms. The highest BCUT2D eigenvalue weighted by atomic mass is 79.9. The molecule has 0 unspecified atom stereocenters. The highest BCUT2D eigenvalue weighted by Crippen LogP contribution is 2.21. The van der Waals surface area contributed by atoms with Crippen LogP contribution in [0.2, 0.25) is 0 Å². The van der Waals surface area contributed by atoms with E-state index in [9.17, 15) is 13.2 Å². The van der Waals surface area contributed by atoms with Crippen LogP contribution in [0.1, 0.15) is 28.8 Å². The average molecular weight is 489 g/mol. The number of sulfonamides is 1. The Bertz CT molecular complexity index is 1150. The largest absolute Gasteiger partial charge is 0.307 e. The van der Waals surface area contributed by atoms with Crippen molar-refractivity contribution >= 4 is 37.7 Å². The molecular weight excluding hydrogens is 468 g/mol. The fourth-order valence-corrected chi connectivity index (χ4v) is 5.38. The van der Waals surface area contributed by atoms with Gasteiger partial charge in [-0.1, -0.05) is 28.1 Å². The molecule has 0 bridgehead atoms. The van der Waals surface area contributed by atoms with Gasteiger partial charge in [0.15, 0.2) is 0 Å². The summed E-state index contributed by atoms with van der Waals surface area (Å²) in [5.41, 5.74) is 1.42. The molecule has 9 heteroatoms. The molecule has 0 atom stereocenters. The van der Waals surface area contributed by atoms with Gasteiger partial charge >= 0.3 is 0 Å². The molecule has 2 aromatic carbocycles. The van der Waals surface area contributed by atoms with Crippen LogP contribution in [0.3, 0.4) is 0 Å². The number of nitrogens with zero attached hydrogens (tertiary/aromatic N) is 3. The minimum atomic E-state index is -3.49. The van der Waals surface area contributed by atoms with Crippen molar-refractivity contribution in [2.24, 2.45) is 0 Å². The highest BCUT2D eigenvalue weighted by molar-refractivity contribution is 9.10. The van der Waals surface area contributed by atoms with Crippen LogP contribution < -0.4 is 5.32 Å². The van der Waals surface area contributed by atoms with Gasteiger partial charge in [0.25, 0.3) is 5.91 Å². The molecule has 1 aromatic heterocycles. The highest BCUT2D eigenvalue weighted by Gasteiger charge is 2.27. The van der Waals surface area contributed by atoms with Gasteiger partial charge in [-0.2, -0.15) is 9.40 Å². The Hall–Kier alpha value is -2.49. The van der Waals surface area contributed by atoms with Gasteiger partial charge in [-0.05, 0) is 54.8 Å². The normalized spacial score (nSPS) is 14.7. The molecule has 1 aliphatic rings. The Balaban J connectivity index is 1.47. The first-order chi connectivity index (χ1) is 14.4. The van der Waals surface area contributed by atoms with Gasteiger partial charge in [0.1, 0.15) is 5.82 Å². The van der Waals surface area contributed by atoms with Gasteiger partial charge in [-0.3, -0.25) is 4.79 Å². The lowest BCUT2D eigenvalue weighted by Crippen LogP contribution is -2.27. The van der Waals surface area contributed by atoms with Crippen molar-refractivity contribution in [3.05, 3.63) is 76.4 Å². The molecular formula is C21H21BrN4O3S. The summed E-state index contributed by atoms with van der Waals surface area (Å²) in [6.45, 7) is 1.61. The SMILES string of the molecule is O=C(Nc1ccnn1Cc1cccc(Br)c1)c1ccc(S(=O)(=O)N2CCCC2)cc1. The van der Waals surface area contributed by atoms with Crippen molar-refractivity contribution in [3.63, 3.8) is 0 Å². The van der Waals surface area contributed by atoms with Crippen LogP contribution in [0.25, 0.3) is 0 Å². The zero-order valence-corrected chi connectivity index (χ0v) is 18.6. The first-order valence-electron chi connectivity index (χ1n) is 9.61. The molecule has 1 aliphatic heterocycles. The number of halogens is 1. The number of amides is 1. The Kier molecular flexibility index (Phi) is 6.03. The van der Waals surface area contributed by atoms with Crippen LogP contribution in [0.15, 0.2) is 70.2 Å². The second-order valence-corrected chi connectivity index (χ2v) is 9.95. The summed E-state index contributed by atoms with van der Waals surface area (Å²) >= 11 is 3.45. The predicted octanol–water partition coefficient (Wildman–Crippen LogP) is 3.73. The van der Waals surface area contributed by atoms with Gasteiger partial charge in [0.2, 0.25) is 10.0 Å². The topological polar surface area (TPSA) is 84.3 Å². The van der Waals surface area contributed by atoms with Gasteiger partial charge in [0, 0.05) is 29.2 Å². The summed E-state index contributed by atoms with van der Waals surface area (Å²) in [6.07, 6.45) is 3.39. The van der Waals surface area contributed by atoms with E-state index >= 15 is 0 Å². The second-order valence-electron chi connectivity index (χ2n) is 7.09. The molecule has 3 aromatic rings. The van der Waals surface area contributed by atoms with Crippen molar-refractivity contribution in [2.45, 2.75) is 24.3 Å². The second kappa shape index (κ2) is 8.71. The molecule has 0 aliphatic carbocycles. The molecule has 2 heterocycles. The van der Waals surface area contributed by atoms with Crippen LogP contribution >= 0.6 is 15.9 Å². The number of carbonyl (C=O) groups excluding carboxylic acids is 1. The van der Waals surface area contributed by atoms with Gasteiger partial charge in [0.05, 0.1) is 17.6 Å². The van der Waals surface area contributed by atoms with Crippen LogP contribution in [0.4, 0.5) is 5.82 Å². The van der Waals surface area contributed by atoms with Crippen LogP contribution in [0.5, 0.6) is 0 Å². The van der Waals surface area contributed by atoms with Crippen molar-refractivity contribution in [2.75, 3.05) is 18.4 Å². The molecule has 0 saturated carbocycles. The maximum Gasteiger partial charge on any atom is 0.256 e. The zero-order chi connectivity index (χ0) is 21.1. The van der Waals surface area contributed by atoms with E-state index in [0.717, 1.165) is 22.9 Å². The quantitative estimate of drug-likeness (QED) is 0.572. The summed E-state index contributed by atoms with van der Waals surface area (Å²) in [7, 11) is -3.49. The first kappa shape index (κ1) is 20.8. The third kappa shape index (κ3) is 4.48. The summed E-state index contributed by atoms with van der Waals surface area (Å²) in [6, 6.07) is 15.6. The standard InChI is InChI=1S/C21H21BrN4O3S/c22-18-5-3-4-16(14-18)15-26-20(10-11-23-26)24-21(27)17-6-8-19(9-7-17)30(28,29)25-12-1-2-13-25/h3-11,14H,1-2,12-13,15H2,(H,24,27). The number of hydrogen-bond acceptors (Lipinski definition) is 4. The van der Waals surface area contributed by atoms with E-state index in [1.165, 1.54) is 28.6 Å². The van der Waals surface area contributed by atoms with Gasteiger partial charge in [-0.15, -0.1) is 0 Å². The zero-order valence-electron chi connectivity index (χ0n) is 16.2. The van der Waals surface area contributed by atoms with E-state index in [4.69, 9.17) is 0 Å². The predicted molar refractivity (Wildman–Crippen MR) is 118 cm³/mol. The molecule has 4 rings (SSSR count). The smallest absolute Gasteiger partial charge is 0.256 e. The van der Waals surface area contributed by atoms with Crippen LogP contribution in [0, 0.1) is 0 Å². The number of hydrogen-bond donors (Lipinski definition) is 1. The summed E-state index contributed by atoms with van der Waals surface area (Å²) in [4.78, 5) is 12.9. The first-order valence-corrected chi connectivity index (χ1v) is 11.8. The Morgan fingerprint density at radius 1 is 1.07 bits per heavy atom. The van der Waals surface area contributed by atoms with Crippen LogP contribution in [-0.2, 0) is 16.6 Å². The summed E-state index contributed by atoms with van der Waals surface area (Å²) in [5.74, 6) is 0.241. The molecule has 1 amide bonds. The van der Waals surface area contributed by atoms with Crippen LogP contribution in [-0.4, -0.2) is 41.5 Å². The Morgan fingerprint density at radius 3 is 2.50 bits per heavy atom. The third-order valence-electron chi connectivity index (χ3n) is 5.00. The number of anilines is 1. The molecule has 0 radical (unpaired) electrons. The molecule has 1 fully saturated rings. The maximum atomic E-state index is 12.7. The number of benzene rings is 2. The van der Waals surface area contributed by atoms with E-state index < -0.39 is 10.0 Å². The van der Waals surface area contributed by atoms with Crippen molar-refractivity contribution in [1.82, 2.24) is 14.1 Å². The van der Waals surface area contributed by atoms with Crippen molar-refractivity contribution in [3.8, 4) is 0 Å².